The topological polar surface area (TPSA) is 53.7 Å². The van der Waals surface area contributed by atoms with Crippen molar-refractivity contribution in [3.8, 4) is 0 Å². The lowest BCUT2D eigenvalue weighted by Crippen LogP contribution is -2.39. The fraction of sp³-hybridized carbons (Fsp3) is 0.364. The van der Waals surface area contributed by atoms with Crippen LogP contribution in [0.3, 0.4) is 0 Å². The third-order valence-electron chi connectivity index (χ3n) is 4.85. The monoisotopic (exact) mass is 363 g/mol. The van der Waals surface area contributed by atoms with Crippen molar-refractivity contribution in [2.75, 3.05) is 20.1 Å². The summed E-state index contributed by atoms with van der Waals surface area (Å²) in [4.78, 5) is 9.04. The molecule has 2 N–H and O–H groups in total. The highest BCUT2D eigenvalue weighted by molar-refractivity contribution is 5.79. The number of aromatic nitrogens is 2. The second-order valence-electron chi connectivity index (χ2n) is 7.10. The molecule has 0 saturated heterocycles. The number of hydrogen-bond donors (Lipinski definition) is 2. The van der Waals surface area contributed by atoms with Crippen LogP contribution in [0.2, 0.25) is 0 Å². The molecule has 142 valence electrons. The Morgan fingerprint density at radius 3 is 2.63 bits per heavy atom. The second-order valence-corrected chi connectivity index (χ2v) is 7.10. The van der Waals surface area contributed by atoms with Gasteiger partial charge in [0.2, 0.25) is 0 Å². The molecule has 1 aromatic carbocycles. The van der Waals surface area contributed by atoms with Gasteiger partial charge < -0.3 is 15.0 Å². The number of guanidine groups is 1. The van der Waals surface area contributed by atoms with E-state index in [0.717, 1.165) is 36.8 Å². The molecule has 0 saturated carbocycles. The lowest BCUT2D eigenvalue weighted by atomic mass is 10.0. The van der Waals surface area contributed by atoms with Crippen LogP contribution in [0.25, 0.3) is 5.65 Å². The molecule has 0 radical (unpaired) electrons. The Bertz CT molecular complexity index is 908. The highest BCUT2D eigenvalue weighted by Gasteiger charge is 2.07. The van der Waals surface area contributed by atoms with Gasteiger partial charge in [-0.05, 0) is 37.0 Å². The first-order valence-electron chi connectivity index (χ1n) is 9.51. The zero-order valence-corrected chi connectivity index (χ0v) is 16.7. The molecule has 5 nitrogen and oxygen atoms in total. The fourth-order valence-corrected chi connectivity index (χ4v) is 3.12. The van der Waals surface area contributed by atoms with Crippen LogP contribution in [0.15, 0.2) is 53.8 Å². The minimum atomic E-state index is 0.422. The molecule has 3 aromatic rings. The summed E-state index contributed by atoms with van der Waals surface area (Å²) in [5.41, 5.74) is 5.93. The van der Waals surface area contributed by atoms with E-state index < -0.39 is 0 Å². The predicted molar refractivity (Wildman–Crippen MR) is 113 cm³/mol. The van der Waals surface area contributed by atoms with Gasteiger partial charge in [0.15, 0.2) is 5.96 Å². The van der Waals surface area contributed by atoms with Crippen molar-refractivity contribution in [1.29, 1.82) is 0 Å². The van der Waals surface area contributed by atoms with Gasteiger partial charge in [0.25, 0.3) is 0 Å². The molecule has 0 aliphatic carbocycles. The van der Waals surface area contributed by atoms with Gasteiger partial charge in [-0.15, -0.1) is 0 Å². The Morgan fingerprint density at radius 1 is 1.15 bits per heavy atom. The highest BCUT2D eigenvalue weighted by Crippen LogP contribution is 2.14. The molecule has 0 aliphatic heterocycles. The molecule has 0 bridgehead atoms. The number of benzene rings is 1. The van der Waals surface area contributed by atoms with Gasteiger partial charge in [0, 0.05) is 39.0 Å². The number of rotatable bonds is 6. The molecule has 0 spiro atoms. The number of nitrogens with zero attached hydrogens (tertiary/aromatic N) is 3. The summed E-state index contributed by atoms with van der Waals surface area (Å²) in [5, 5.41) is 6.80. The Labute approximate surface area is 161 Å². The van der Waals surface area contributed by atoms with E-state index in [1.54, 1.807) is 7.05 Å². The number of pyridine rings is 1. The van der Waals surface area contributed by atoms with Crippen LogP contribution in [-0.4, -0.2) is 35.5 Å². The zero-order valence-electron chi connectivity index (χ0n) is 16.7. The van der Waals surface area contributed by atoms with Gasteiger partial charge in [0.1, 0.15) is 5.65 Å². The van der Waals surface area contributed by atoms with Crippen LogP contribution in [0.5, 0.6) is 0 Å². The highest BCUT2D eigenvalue weighted by atomic mass is 15.2. The van der Waals surface area contributed by atoms with Gasteiger partial charge in [-0.25, -0.2) is 4.98 Å². The molecular formula is C22H29N5. The molecule has 2 aromatic heterocycles. The smallest absolute Gasteiger partial charge is 0.191 e. The van der Waals surface area contributed by atoms with Gasteiger partial charge in [-0.3, -0.25) is 4.99 Å². The van der Waals surface area contributed by atoms with E-state index in [1.807, 2.05) is 12.3 Å². The molecule has 0 aliphatic rings. The van der Waals surface area contributed by atoms with Crippen LogP contribution in [0.4, 0.5) is 0 Å². The average Bonchev–Trinajstić information content (AvgIpc) is 3.09. The number of aryl methyl sites for hydroxylation is 2. The lowest BCUT2D eigenvalue weighted by Gasteiger charge is -2.16. The van der Waals surface area contributed by atoms with Gasteiger partial charge in [-0.1, -0.05) is 42.8 Å². The van der Waals surface area contributed by atoms with Gasteiger partial charge >= 0.3 is 0 Å². The first-order valence-corrected chi connectivity index (χ1v) is 9.51. The van der Waals surface area contributed by atoms with E-state index in [2.05, 4.69) is 77.3 Å². The summed E-state index contributed by atoms with van der Waals surface area (Å²) in [6.45, 7) is 8.07. The lowest BCUT2D eigenvalue weighted by molar-refractivity contribution is 0.697. The molecule has 3 rings (SSSR count). The third kappa shape index (κ3) is 4.88. The summed E-state index contributed by atoms with van der Waals surface area (Å²) >= 11 is 0. The number of fused-ring (bicyclic) bond motifs is 1. The van der Waals surface area contributed by atoms with E-state index in [9.17, 15) is 0 Å². The minimum Gasteiger partial charge on any atom is -0.356 e. The second kappa shape index (κ2) is 8.71. The van der Waals surface area contributed by atoms with Crippen LogP contribution < -0.4 is 10.6 Å². The Hall–Kier alpha value is -2.82. The zero-order chi connectivity index (χ0) is 19.2. The Kier molecular flexibility index (Phi) is 6.12. The summed E-state index contributed by atoms with van der Waals surface area (Å²) in [6.07, 6.45) is 4.99. The van der Waals surface area contributed by atoms with Gasteiger partial charge in [-0.2, -0.15) is 0 Å². The molecular weight excluding hydrogens is 334 g/mol. The van der Waals surface area contributed by atoms with E-state index in [4.69, 9.17) is 4.98 Å². The van der Waals surface area contributed by atoms with E-state index in [1.165, 1.54) is 16.7 Å². The van der Waals surface area contributed by atoms with Crippen molar-refractivity contribution in [2.24, 2.45) is 4.99 Å². The summed E-state index contributed by atoms with van der Waals surface area (Å²) in [6, 6.07) is 12.9. The number of nitrogens with one attached hydrogen (secondary N) is 2. The minimum absolute atomic E-state index is 0.422. The molecule has 0 fully saturated rings. The molecule has 1 atom stereocenters. The Morgan fingerprint density at radius 2 is 1.93 bits per heavy atom. The maximum atomic E-state index is 4.72. The van der Waals surface area contributed by atoms with Crippen LogP contribution in [-0.2, 0) is 6.42 Å². The van der Waals surface area contributed by atoms with E-state index in [-0.39, 0.29) is 0 Å². The van der Waals surface area contributed by atoms with Crippen LogP contribution in [0.1, 0.15) is 35.2 Å². The summed E-state index contributed by atoms with van der Waals surface area (Å²) < 4.78 is 2.08. The first kappa shape index (κ1) is 19.0. The van der Waals surface area contributed by atoms with Crippen molar-refractivity contribution in [3.63, 3.8) is 0 Å². The van der Waals surface area contributed by atoms with Gasteiger partial charge in [0.05, 0.1) is 5.69 Å². The normalized spacial score (nSPS) is 13.0. The van der Waals surface area contributed by atoms with Crippen molar-refractivity contribution < 1.29 is 0 Å². The first-order chi connectivity index (χ1) is 13.1. The molecule has 27 heavy (non-hydrogen) atoms. The quantitative estimate of drug-likeness (QED) is 0.521. The average molecular weight is 364 g/mol. The molecule has 1 unspecified atom stereocenters. The molecule has 2 heterocycles. The van der Waals surface area contributed by atoms with Crippen LogP contribution >= 0.6 is 0 Å². The van der Waals surface area contributed by atoms with Crippen molar-refractivity contribution in [1.82, 2.24) is 20.0 Å². The third-order valence-corrected chi connectivity index (χ3v) is 4.85. The number of hydrogen-bond acceptors (Lipinski definition) is 2. The predicted octanol–water partition coefficient (Wildman–Crippen LogP) is 3.46. The maximum absolute atomic E-state index is 4.72. The standard InChI is InChI=1S/C22H29N5/c1-16-7-9-19(10-8-16)18(3)14-25-22(23-4)24-12-11-20-15-27-13-5-6-17(2)21(27)26-20/h5-10,13,15,18H,11-12,14H2,1-4H3,(H2,23,24,25). The van der Waals surface area contributed by atoms with Crippen molar-refractivity contribution in [2.45, 2.75) is 33.1 Å². The summed E-state index contributed by atoms with van der Waals surface area (Å²) in [5.74, 6) is 1.25. The van der Waals surface area contributed by atoms with Crippen molar-refractivity contribution in [3.05, 3.63) is 71.2 Å². The van der Waals surface area contributed by atoms with E-state index >= 15 is 0 Å². The SMILES string of the molecule is CN=C(NCCc1cn2cccc(C)c2n1)NCC(C)c1ccc(C)cc1. The number of imidazole rings is 1. The largest absolute Gasteiger partial charge is 0.356 e. The van der Waals surface area contributed by atoms with Crippen LogP contribution in [0, 0.1) is 13.8 Å². The summed E-state index contributed by atoms with van der Waals surface area (Å²) in [7, 11) is 1.81. The number of aliphatic imine (C=N–C) groups is 1. The fourth-order valence-electron chi connectivity index (χ4n) is 3.12. The molecule has 5 heteroatoms. The Balaban J connectivity index is 1.48. The molecule has 0 amide bonds. The van der Waals surface area contributed by atoms with Crippen molar-refractivity contribution >= 4 is 11.6 Å². The maximum Gasteiger partial charge on any atom is 0.191 e. The van der Waals surface area contributed by atoms with E-state index in [0.29, 0.717) is 5.92 Å².